The lowest BCUT2D eigenvalue weighted by Gasteiger charge is -2.12. The predicted molar refractivity (Wildman–Crippen MR) is 65.6 cm³/mol. The monoisotopic (exact) mass is 319 g/mol. The second-order valence-electron chi connectivity index (χ2n) is 3.36. The zero-order valence-electron chi connectivity index (χ0n) is 9.44. The minimum absolute atomic E-state index is 0.175. The number of benzene rings is 1. The Morgan fingerprint density at radius 1 is 1.56 bits per heavy atom. The van der Waals surface area contributed by atoms with E-state index in [-0.39, 0.29) is 5.56 Å². The Labute approximate surface area is 111 Å². The van der Waals surface area contributed by atoms with E-state index in [2.05, 4.69) is 21.2 Å². The topological polar surface area (TPSA) is 75.6 Å². The molecule has 1 atom stereocenters. The minimum Gasteiger partial charge on any atom is -0.497 e. The van der Waals surface area contributed by atoms with Crippen LogP contribution in [0.15, 0.2) is 22.7 Å². The van der Waals surface area contributed by atoms with E-state index in [1.54, 1.807) is 12.1 Å². The van der Waals surface area contributed by atoms with Gasteiger partial charge in [-0.25, -0.2) is 9.18 Å². The number of hydrogen-bond acceptors (Lipinski definition) is 3. The SMILES string of the molecule is COc1ccc(Br)c(C(=O)NC(CF)C(=O)O)c1. The molecule has 1 unspecified atom stereocenters. The summed E-state index contributed by atoms with van der Waals surface area (Å²) in [4.78, 5) is 22.4. The molecule has 98 valence electrons. The van der Waals surface area contributed by atoms with Gasteiger partial charge in [0.25, 0.3) is 5.91 Å². The van der Waals surface area contributed by atoms with Crippen molar-refractivity contribution in [3.8, 4) is 5.75 Å². The Kier molecular flexibility index (Phi) is 5.08. The summed E-state index contributed by atoms with van der Waals surface area (Å²) in [5.74, 6) is -1.67. The molecule has 0 heterocycles. The molecule has 0 spiro atoms. The van der Waals surface area contributed by atoms with Crippen molar-refractivity contribution >= 4 is 27.8 Å². The molecule has 5 nitrogen and oxygen atoms in total. The van der Waals surface area contributed by atoms with Crippen LogP contribution in [0, 0.1) is 0 Å². The molecule has 18 heavy (non-hydrogen) atoms. The predicted octanol–water partition coefficient (Wildman–Crippen LogP) is 1.61. The van der Waals surface area contributed by atoms with Crippen molar-refractivity contribution in [1.82, 2.24) is 5.32 Å². The van der Waals surface area contributed by atoms with Gasteiger partial charge < -0.3 is 15.2 Å². The molecule has 1 amide bonds. The molecule has 0 aliphatic heterocycles. The number of amides is 1. The molecular weight excluding hydrogens is 309 g/mol. The number of methoxy groups -OCH3 is 1. The molecule has 0 aliphatic rings. The van der Waals surface area contributed by atoms with Crippen LogP contribution in [0.2, 0.25) is 0 Å². The number of carboxylic acid groups (broad SMARTS) is 1. The molecule has 1 aromatic carbocycles. The first-order chi connectivity index (χ1) is 8.49. The summed E-state index contributed by atoms with van der Waals surface area (Å²) < 4.78 is 17.8. The molecule has 7 heteroatoms. The number of hydrogen-bond donors (Lipinski definition) is 2. The highest BCUT2D eigenvalue weighted by Gasteiger charge is 2.21. The van der Waals surface area contributed by atoms with Crippen molar-refractivity contribution in [2.75, 3.05) is 13.8 Å². The maximum atomic E-state index is 12.4. The van der Waals surface area contributed by atoms with Crippen LogP contribution < -0.4 is 10.1 Å². The summed E-state index contributed by atoms with van der Waals surface area (Å²) in [6, 6.07) is 3.08. The zero-order chi connectivity index (χ0) is 13.7. The zero-order valence-corrected chi connectivity index (χ0v) is 11.0. The summed E-state index contributed by atoms with van der Waals surface area (Å²) in [6.45, 7) is -1.18. The number of halogens is 2. The lowest BCUT2D eigenvalue weighted by atomic mass is 10.2. The molecule has 0 aromatic heterocycles. The van der Waals surface area contributed by atoms with Gasteiger partial charge in [-0.2, -0.15) is 0 Å². The molecule has 2 N–H and O–H groups in total. The lowest BCUT2D eigenvalue weighted by molar-refractivity contribution is -0.139. The maximum absolute atomic E-state index is 12.4. The smallest absolute Gasteiger partial charge is 0.328 e. The van der Waals surface area contributed by atoms with Gasteiger partial charge in [0.2, 0.25) is 0 Å². The Hall–Kier alpha value is -1.63. The molecule has 1 aromatic rings. The quantitative estimate of drug-likeness (QED) is 0.864. The largest absolute Gasteiger partial charge is 0.497 e. The first kappa shape index (κ1) is 14.4. The molecule has 0 saturated heterocycles. The third-order valence-corrected chi connectivity index (χ3v) is 2.87. The van der Waals surface area contributed by atoms with Gasteiger partial charge in [-0.15, -0.1) is 0 Å². The number of aliphatic carboxylic acids is 1. The average molecular weight is 320 g/mol. The highest BCUT2D eigenvalue weighted by molar-refractivity contribution is 9.10. The third kappa shape index (κ3) is 3.43. The summed E-state index contributed by atoms with van der Waals surface area (Å²) >= 11 is 3.15. The van der Waals surface area contributed by atoms with E-state index in [1.165, 1.54) is 13.2 Å². The Morgan fingerprint density at radius 3 is 2.72 bits per heavy atom. The van der Waals surface area contributed by atoms with Crippen LogP contribution in [-0.4, -0.2) is 36.8 Å². The normalized spacial score (nSPS) is 11.7. The van der Waals surface area contributed by atoms with Crippen LogP contribution in [0.25, 0.3) is 0 Å². The van der Waals surface area contributed by atoms with Crippen LogP contribution >= 0.6 is 15.9 Å². The first-order valence-corrected chi connectivity index (χ1v) is 5.72. The van der Waals surface area contributed by atoms with E-state index in [0.29, 0.717) is 10.2 Å². The fourth-order valence-corrected chi connectivity index (χ4v) is 1.63. The van der Waals surface area contributed by atoms with E-state index >= 15 is 0 Å². The number of alkyl halides is 1. The van der Waals surface area contributed by atoms with Gasteiger partial charge >= 0.3 is 5.97 Å². The summed E-state index contributed by atoms with van der Waals surface area (Å²) in [7, 11) is 1.44. The van der Waals surface area contributed by atoms with Gasteiger partial charge in [0, 0.05) is 4.47 Å². The highest BCUT2D eigenvalue weighted by atomic mass is 79.9. The van der Waals surface area contributed by atoms with Crippen LogP contribution in [0.5, 0.6) is 5.75 Å². The van der Waals surface area contributed by atoms with Crippen molar-refractivity contribution < 1.29 is 23.8 Å². The number of carbonyl (C=O) groups excluding carboxylic acids is 1. The molecule has 0 aliphatic carbocycles. The lowest BCUT2D eigenvalue weighted by Crippen LogP contribution is -2.42. The van der Waals surface area contributed by atoms with Crippen molar-refractivity contribution in [3.05, 3.63) is 28.2 Å². The highest BCUT2D eigenvalue weighted by Crippen LogP contribution is 2.22. The van der Waals surface area contributed by atoms with Crippen LogP contribution in [0.1, 0.15) is 10.4 Å². The fourth-order valence-electron chi connectivity index (χ4n) is 1.21. The van der Waals surface area contributed by atoms with Crippen molar-refractivity contribution in [3.63, 3.8) is 0 Å². The van der Waals surface area contributed by atoms with Gasteiger partial charge in [-0.05, 0) is 34.1 Å². The van der Waals surface area contributed by atoms with Gasteiger partial charge in [-0.1, -0.05) is 0 Å². The van der Waals surface area contributed by atoms with Crippen molar-refractivity contribution in [2.24, 2.45) is 0 Å². The molecule has 1 rings (SSSR count). The van der Waals surface area contributed by atoms with E-state index < -0.39 is 24.6 Å². The number of ether oxygens (including phenoxy) is 1. The van der Waals surface area contributed by atoms with E-state index in [9.17, 15) is 14.0 Å². The van der Waals surface area contributed by atoms with E-state index in [4.69, 9.17) is 9.84 Å². The first-order valence-electron chi connectivity index (χ1n) is 4.92. The number of rotatable bonds is 5. The Bertz CT molecular complexity index is 466. The molecule has 0 fully saturated rings. The Balaban J connectivity index is 2.93. The number of nitrogens with one attached hydrogen (secondary N) is 1. The van der Waals surface area contributed by atoms with Gasteiger partial charge in [0.15, 0.2) is 6.04 Å². The van der Waals surface area contributed by atoms with Crippen molar-refractivity contribution in [2.45, 2.75) is 6.04 Å². The fraction of sp³-hybridized carbons (Fsp3) is 0.273. The van der Waals surface area contributed by atoms with E-state index in [0.717, 1.165) is 0 Å². The minimum atomic E-state index is -1.56. The van der Waals surface area contributed by atoms with Crippen molar-refractivity contribution in [1.29, 1.82) is 0 Å². The number of carbonyl (C=O) groups is 2. The third-order valence-electron chi connectivity index (χ3n) is 2.18. The average Bonchev–Trinajstić information content (AvgIpc) is 2.35. The molecule has 0 saturated carbocycles. The molecule has 0 radical (unpaired) electrons. The molecular formula is C11H11BrFNO4. The van der Waals surface area contributed by atoms with Gasteiger partial charge in [0.05, 0.1) is 12.7 Å². The van der Waals surface area contributed by atoms with Gasteiger partial charge in [-0.3, -0.25) is 4.79 Å². The van der Waals surface area contributed by atoms with E-state index in [1.807, 2.05) is 0 Å². The number of carboxylic acids is 1. The molecule has 0 bridgehead atoms. The Morgan fingerprint density at radius 2 is 2.22 bits per heavy atom. The summed E-state index contributed by atoms with van der Waals surface area (Å²) in [5.41, 5.74) is 0.175. The van der Waals surface area contributed by atoms with Crippen LogP contribution in [0.3, 0.4) is 0 Å². The van der Waals surface area contributed by atoms with Crippen LogP contribution in [0.4, 0.5) is 4.39 Å². The second kappa shape index (κ2) is 6.34. The van der Waals surface area contributed by atoms with Gasteiger partial charge in [0.1, 0.15) is 12.4 Å². The second-order valence-corrected chi connectivity index (χ2v) is 4.22. The standard InChI is InChI=1S/C11H11BrFNO4/c1-18-6-2-3-8(12)7(4-6)10(15)14-9(5-13)11(16)17/h2-4,9H,5H2,1H3,(H,14,15)(H,16,17). The summed E-state index contributed by atoms with van der Waals surface area (Å²) in [5, 5.41) is 10.7. The summed E-state index contributed by atoms with van der Waals surface area (Å²) in [6.07, 6.45) is 0. The maximum Gasteiger partial charge on any atom is 0.328 e. The van der Waals surface area contributed by atoms with Crippen LogP contribution in [-0.2, 0) is 4.79 Å².